The standard InChI is InChI=1S/C11H23N3OSi2/c1-9-8-12-11(15-17(5,6)7)13-10(9)14-16(2,3)4/h8H,1-7H3,(H,12,13,14). The first-order chi connectivity index (χ1) is 7.57. The quantitative estimate of drug-likeness (QED) is 0.852. The number of rotatable bonds is 4. The zero-order valence-corrected chi connectivity index (χ0v) is 13.9. The third-order valence-electron chi connectivity index (χ3n) is 1.84. The summed E-state index contributed by atoms with van der Waals surface area (Å²) in [4.78, 5) is 12.2. The average Bonchev–Trinajstić information content (AvgIpc) is 2.05. The van der Waals surface area contributed by atoms with Gasteiger partial charge in [-0.3, -0.25) is 0 Å². The van der Waals surface area contributed by atoms with Crippen molar-refractivity contribution in [2.75, 3.05) is 4.98 Å². The van der Waals surface area contributed by atoms with E-state index in [1.165, 1.54) is 0 Å². The molecular weight excluding hydrogens is 246 g/mol. The van der Waals surface area contributed by atoms with E-state index >= 15 is 0 Å². The Kier molecular flexibility index (Phi) is 3.98. The molecule has 0 aliphatic carbocycles. The molecule has 0 unspecified atom stereocenters. The third-order valence-corrected chi connectivity index (χ3v) is 3.62. The van der Waals surface area contributed by atoms with Crippen molar-refractivity contribution in [3.8, 4) is 6.01 Å². The predicted octanol–water partition coefficient (Wildman–Crippen LogP) is 3.25. The molecule has 1 N–H and O–H groups in total. The van der Waals surface area contributed by atoms with E-state index in [9.17, 15) is 0 Å². The molecular formula is C11H23N3OSi2. The highest BCUT2D eigenvalue weighted by Crippen LogP contribution is 2.18. The van der Waals surface area contributed by atoms with Crippen LogP contribution < -0.4 is 9.41 Å². The SMILES string of the molecule is Cc1cnc(O[Si](C)(C)C)nc1N[Si](C)(C)C. The molecule has 1 aromatic heterocycles. The van der Waals surface area contributed by atoms with Gasteiger partial charge in [0, 0.05) is 11.8 Å². The first-order valence-electron chi connectivity index (χ1n) is 5.88. The fraction of sp³-hybridized carbons (Fsp3) is 0.636. The second kappa shape index (κ2) is 4.77. The molecule has 4 nitrogen and oxygen atoms in total. The Labute approximate surface area is 106 Å². The van der Waals surface area contributed by atoms with E-state index in [0.29, 0.717) is 6.01 Å². The van der Waals surface area contributed by atoms with Gasteiger partial charge in [0.1, 0.15) is 14.1 Å². The van der Waals surface area contributed by atoms with Crippen molar-refractivity contribution in [3.05, 3.63) is 11.8 Å². The summed E-state index contributed by atoms with van der Waals surface area (Å²) in [7, 11) is -3.03. The van der Waals surface area contributed by atoms with Crippen LogP contribution in [-0.2, 0) is 0 Å². The van der Waals surface area contributed by atoms with E-state index in [1.807, 2.05) is 13.1 Å². The Bertz CT molecular complexity index is 397. The number of nitrogens with zero attached hydrogens (tertiary/aromatic N) is 2. The van der Waals surface area contributed by atoms with E-state index in [1.54, 1.807) is 0 Å². The molecule has 0 atom stereocenters. The molecule has 17 heavy (non-hydrogen) atoms. The van der Waals surface area contributed by atoms with Crippen molar-refractivity contribution >= 4 is 22.4 Å². The average molecular weight is 269 g/mol. The molecule has 1 aromatic rings. The number of anilines is 1. The minimum Gasteiger partial charge on any atom is -0.518 e. The minimum atomic E-state index is -1.64. The fourth-order valence-electron chi connectivity index (χ4n) is 1.23. The minimum absolute atomic E-state index is 0.496. The van der Waals surface area contributed by atoms with E-state index in [0.717, 1.165) is 11.4 Å². The summed E-state index contributed by atoms with van der Waals surface area (Å²) < 4.78 is 5.80. The van der Waals surface area contributed by atoms with Crippen LogP contribution in [0.25, 0.3) is 0 Å². The zero-order chi connectivity index (χ0) is 13.3. The molecule has 0 bridgehead atoms. The Morgan fingerprint density at radius 3 is 2.18 bits per heavy atom. The maximum absolute atomic E-state index is 5.80. The molecule has 0 saturated heterocycles. The summed E-state index contributed by atoms with van der Waals surface area (Å²) in [5, 5.41) is 0. The summed E-state index contributed by atoms with van der Waals surface area (Å²) in [6.07, 6.45) is 1.82. The van der Waals surface area contributed by atoms with Gasteiger partial charge in [0.05, 0.1) is 0 Å². The van der Waals surface area contributed by atoms with Crippen LogP contribution in [-0.4, -0.2) is 26.5 Å². The molecule has 0 amide bonds. The van der Waals surface area contributed by atoms with Gasteiger partial charge >= 0.3 is 6.01 Å². The number of aromatic nitrogens is 2. The lowest BCUT2D eigenvalue weighted by Gasteiger charge is -2.22. The summed E-state index contributed by atoms with van der Waals surface area (Å²) in [5.41, 5.74) is 1.07. The number of aryl methyl sites for hydroxylation is 1. The molecule has 0 radical (unpaired) electrons. The molecule has 0 aliphatic heterocycles. The van der Waals surface area contributed by atoms with Crippen LogP contribution in [0.5, 0.6) is 6.01 Å². The van der Waals surface area contributed by atoms with Gasteiger partial charge in [0.2, 0.25) is 8.32 Å². The van der Waals surface area contributed by atoms with Crippen LogP contribution in [0.15, 0.2) is 6.20 Å². The molecule has 96 valence electrons. The van der Waals surface area contributed by atoms with Gasteiger partial charge in [-0.25, -0.2) is 4.98 Å². The van der Waals surface area contributed by atoms with Gasteiger partial charge in [-0.05, 0) is 26.6 Å². The Morgan fingerprint density at radius 2 is 1.71 bits per heavy atom. The van der Waals surface area contributed by atoms with Crippen LogP contribution in [0.3, 0.4) is 0 Å². The number of hydrogen-bond donors (Lipinski definition) is 1. The first-order valence-corrected chi connectivity index (χ1v) is 12.8. The van der Waals surface area contributed by atoms with Crippen LogP contribution in [0.2, 0.25) is 39.3 Å². The largest absolute Gasteiger partial charge is 0.518 e. The summed E-state index contributed by atoms with van der Waals surface area (Å²) >= 11 is 0. The molecule has 1 heterocycles. The summed E-state index contributed by atoms with van der Waals surface area (Å²) in [6.45, 7) is 15.1. The monoisotopic (exact) mass is 269 g/mol. The topological polar surface area (TPSA) is 47.0 Å². The van der Waals surface area contributed by atoms with Crippen LogP contribution in [0.1, 0.15) is 5.56 Å². The third kappa shape index (κ3) is 5.31. The van der Waals surface area contributed by atoms with Crippen molar-refractivity contribution in [2.24, 2.45) is 0 Å². The fourth-order valence-corrected chi connectivity index (χ4v) is 2.84. The smallest absolute Gasteiger partial charge is 0.304 e. The highest BCUT2D eigenvalue weighted by molar-refractivity contribution is 6.79. The number of hydrogen-bond acceptors (Lipinski definition) is 4. The lowest BCUT2D eigenvalue weighted by molar-refractivity contribution is 0.509. The highest BCUT2D eigenvalue weighted by Gasteiger charge is 2.20. The predicted molar refractivity (Wildman–Crippen MR) is 77.7 cm³/mol. The second-order valence-corrected chi connectivity index (χ2v) is 15.5. The molecule has 0 aromatic carbocycles. The van der Waals surface area contributed by atoms with Gasteiger partial charge in [0.25, 0.3) is 0 Å². The van der Waals surface area contributed by atoms with Crippen LogP contribution >= 0.6 is 0 Å². The zero-order valence-electron chi connectivity index (χ0n) is 11.9. The van der Waals surface area contributed by atoms with Gasteiger partial charge in [-0.15, -0.1) is 0 Å². The van der Waals surface area contributed by atoms with E-state index in [2.05, 4.69) is 54.2 Å². The maximum Gasteiger partial charge on any atom is 0.304 e. The normalized spacial score (nSPS) is 12.4. The van der Waals surface area contributed by atoms with Crippen molar-refractivity contribution in [2.45, 2.75) is 46.2 Å². The summed E-state index contributed by atoms with van der Waals surface area (Å²) in [6, 6.07) is 0.496. The molecule has 6 heteroatoms. The van der Waals surface area contributed by atoms with E-state index in [-0.39, 0.29) is 0 Å². The number of nitrogens with one attached hydrogen (secondary N) is 1. The molecule has 1 rings (SSSR count). The lowest BCUT2D eigenvalue weighted by Crippen LogP contribution is -2.34. The Balaban J connectivity index is 2.95. The molecule has 0 aliphatic rings. The van der Waals surface area contributed by atoms with Gasteiger partial charge < -0.3 is 9.41 Å². The molecule has 0 spiro atoms. The Hall–Kier alpha value is -0.886. The van der Waals surface area contributed by atoms with Crippen LogP contribution in [0, 0.1) is 6.92 Å². The summed E-state index contributed by atoms with van der Waals surface area (Å²) in [5.74, 6) is 0.910. The van der Waals surface area contributed by atoms with Gasteiger partial charge in [0.15, 0.2) is 0 Å². The maximum atomic E-state index is 5.80. The van der Waals surface area contributed by atoms with Crippen LogP contribution in [0.4, 0.5) is 5.82 Å². The van der Waals surface area contributed by atoms with Gasteiger partial charge in [-0.2, -0.15) is 4.98 Å². The van der Waals surface area contributed by atoms with Crippen molar-refractivity contribution < 1.29 is 4.43 Å². The second-order valence-electron chi connectivity index (χ2n) is 6.27. The van der Waals surface area contributed by atoms with Gasteiger partial charge in [-0.1, -0.05) is 19.6 Å². The Morgan fingerprint density at radius 1 is 1.12 bits per heavy atom. The van der Waals surface area contributed by atoms with E-state index in [4.69, 9.17) is 4.43 Å². The van der Waals surface area contributed by atoms with Crippen molar-refractivity contribution in [3.63, 3.8) is 0 Å². The molecule has 0 saturated carbocycles. The first kappa shape index (κ1) is 14.2. The lowest BCUT2D eigenvalue weighted by atomic mass is 10.4. The van der Waals surface area contributed by atoms with Crippen molar-refractivity contribution in [1.82, 2.24) is 9.97 Å². The molecule has 0 fully saturated rings. The van der Waals surface area contributed by atoms with Crippen molar-refractivity contribution in [1.29, 1.82) is 0 Å². The highest BCUT2D eigenvalue weighted by atomic mass is 28.4. The van der Waals surface area contributed by atoms with E-state index < -0.39 is 16.6 Å².